The van der Waals surface area contributed by atoms with E-state index in [4.69, 9.17) is 9.47 Å². The number of nitrogens with one attached hydrogen (secondary N) is 1. The number of carbonyl (C=O) groups excluding carboxylic acids is 2. The van der Waals surface area contributed by atoms with Crippen molar-refractivity contribution < 1.29 is 19.1 Å². The lowest BCUT2D eigenvalue weighted by molar-refractivity contribution is 0.0301. The topological polar surface area (TPSA) is 98.6 Å². The monoisotopic (exact) mass is 413 g/mol. The normalized spacial score (nSPS) is 18.6. The molecule has 1 N–H and O–H groups in total. The molecule has 0 aromatic carbocycles. The molecule has 9 heteroatoms. The van der Waals surface area contributed by atoms with Gasteiger partial charge in [0.25, 0.3) is 11.8 Å². The van der Waals surface area contributed by atoms with E-state index in [1.807, 2.05) is 16.5 Å². The van der Waals surface area contributed by atoms with Crippen molar-refractivity contribution in [3.05, 3.63) is 41.3 Å². The van der Waals surface area contributed by atoms with E-state index in [0.717, 1.165) is 18.7 Å². The third-order valence-corrected chi connectivity index (χ3v) is 5.55. The van der Waals surface area contributed by atoms with Crippen LogP contribution >= 0.6 is 0 Å². The molecule has 30 heavy (non-hydrogen) atoms. The summed E-state index contributed by atoms with van der Waals surface area (Å²) in [5.41, 5.74) is 2.13. The van der Waals surface area contributed by atoms with Gasteiger partial charge >= 0.3 is 0 Å². The molecule has 160 valence electrons. The van der Waals surface area contributed by atoms with Crippen LogP contribution in [0.2, 0.25) is 0 Å². The van der Waals surface area contributed by atoms with Crippen LogP contribution in [0.1, 0.15) is 39.8 Å². The second kappa shape index (κ2) is 9.25. The van der Waals surface area contributed by atoms with Gasteiger partial charge in [0.05, 0.1) is 42.8 Å². The Hall–Kier alpha value is -2.94. The summed E-state index contributed by atoms with van der Waals surface area (Å²) in [6.45, 7) is 6.08. The lowest BCUT2D eigenvalue weighted by Gasteiger charge is -2.28. The molecule has 2 aliphatic rings. The van der Waals surface area contributed by atoms with E-state index in [2.05, 4.69) is 15.4 Å². The minimum Gasteiger partial charge on any atom is -0.478 e. The Morgan fingerprint density at radius 2 is 2.07 bits per heavy atom. The van der Waals surface area contributed by atoms with Crippen molar-refractivity contribution in [2.75, 3.05) is 39.5 Å². The smallest absolute Gasteiger partial charge is 0.257 e. The molecule has 4 rings (SSSR count). The average molecular weight is 413 g/mol. The summed E-state index contributed by atoms with van der Waals surface area (Å²) < 4.78 is 12.6. The molecule has 0 bridgehead atoms. The molecule has 1 unspecified atom stereocenters. The lowest BCUT2D eigenvalue weighted by atomic mass is 9.94. The summed E-state index contributed by atoms with van der Waals surface area (Å²) in [4.78, 5) is 31.3. The van der Waals surface area contributed by atoms with Crippen LogP contribution in [0.15, 0.2) is 24.5 Å². The Morgan fingerprint density at radius 1 is 1.23 bits per heavy atom. The fraction of sp³-hybridized carbons (Fsp3) is 0.524. The molecule has 0 aliphatic carbocycles. The number of hydrogen-bond acceptors (Lipinski definition) is 6. The number of fused-ring (bicyclic) bond motifs is 1. The summed E-state index contributed by atoms with van der Waals surface area (Å²) >= 11 is 0. The molecule has 2 aromatic rings. The van der Waals surface area contributed by atoms with Crippen molar-refractivity contribution >= 4 is 11.8 Å². The second-order valence-corrected chi connectivity index (χ2v) is 7.52. The number of amides is 2. The van der Waals surface area contributed by atoms with Gasteiger partial charge in [-0.05, 0) is 31.7 Å². The largest absolute Gasteiger partial charge is 0.478 e. The van der Waals surface area contributed by atoms with Gasteiger partial charge in [-0.2, -0.15) is 5.10 Å². The maximum absolute atomic E-state index is 12.9. The highest BCUT2D eigenvalue weighted by Gasteiger charge is 2.28. The number of carbonyl (C=O) groups is 2. The quantitative estimate of drug-likeness (QED) is 0.763. The Morgan fingerprint density at radius 3 is 2.80 bits per heavy atom. The predicted octanol–water partition coefficient (Wildman–Crippen LogP) is 1.14. The number of hydrogen-bond donors (Lipinski definition) is 1. The fourth-order valence-electron chi connectivity index (χ4n) is 3.88. The van der Waals surface area contributed by atoms with Gasteiger partial charge in [-0.25, -0.2) is 4.98 Å². The molecule has 2 amide bonds. The van der Waals surface area contributed by atoms with E-state index in [1.165, 1.54) is 6.20 Å². The van der Waals surface area contributed by atoms with Crippen molar-refractivity contribution in [2.45, 2.75) is 26.3 Å². The molecule has 0 radical (unpaired) electrons. The molecular formula is C21H27N5O4. The number of aryl methyl sites for hydroxylation is 1. The van der Waals surface area contributed by atoms with Crippen LogP contribution in [0.5, 0.6) is 5.88 Å². The van der Waals surface area contributed by atoms with Crippen molar-refractivity contribution in [1.82, 2.24) is 25.0 Å². The van der Waals surface area contributed by atoms with E-state index in [9.17, 15) is 9.59 Å². The molecule has 1 atom stereocenters. The van der Waals surface area contributed by atoms with E-state index in [-0.39, 0.29) is 17.7 Å². The van der Waals surface area contributed by atoms with Crippen molar-refractivity contribution in [3.8, 4) is 5.88 Å². The number of pyridine rings is 1. The van der Waals surface area contributed by atoms with Crippen LogP contribution in [0.3, 0.4) is 0 Å². The van der Waals surface area contributed by atoms with E-state index in [0.29, 0.717) is 62.9 Å². The summed E-state index contributed by atoms with van der Waals surface area (Å²) in [6.07, 6.45) is 4.82. The Kier molecular flexibility index (Phi) is 6.27. The molecule has 2 aromatic heterocycles. The maximum atomic E-state index is 12.9. The van der Waals surface area contributed by atoms with Crippen LogP contribution in [-0.2, 0) is 17.7 Å². The van der Waals surface area contributed by atoms with Gasteiger partial charge < -0.3 is 19.7 Å². The number of rotatable bonds is 6. The zero-order chi connectivity index (χ0) is 20.9. The number of aromatic nitrogens is 3. The standard InChI is InChI=1S/C21H27N5O4/c1-2-30-19-4-3-16(13-22-19)20(27)23-12-15-5-6-26-18(11-15)17(14-24-26)21(28)25-7-9-29-10-8-25/h3-4,13-15H,2,5-12H2,1H3,(H,23,27). The summed E-state index contributed by atoms with van der Waals surface area (Å²) in [5.74, 6) is 0.621. The van der Waals surface area contributed by atoms with Gasteiger partial charge in [0, 0.05) is 38.4 Å². The Labute approximate surface area is 175 Å². The van der Waals surface area contributed by atoms with E-state index < -0.39 is 0 Å². The van der Waals surface area contributed by atoms with Crippen LogP contribution < -0.4 is 10.1 Å². The first kappa shape index (κ1) is 20.3. The van der Waals surface area contributed by atoms with Gasteiger partial charge in [-0.3, -0.25) is 14.3 Å². The van der Waals surface area contributed by atoms with Gasteiger partial charge in [-0.1, -0.05) is 0 Å². The van der Waals surface area contributed by atoms with Gasteiger partial charge in [0.2, 0.25) is 5.88 Å². The Bertz CT molecular complexity index is 889. The maximum Gasteiger partial charge on any atom is 0.257 e. The van der Waals surface area contributed by atoms with Gasteiger partial charge in [0.15, 0.2) is 0 Å². The third-order valence-electron chi connectivity index (χ3n) is 5.55. The highest BCUT2D eigenvalue weighted by molar-refractivity contribution is 5.95. The van der Waals surface area contributed by atoms with Crippen LogP contribution in [-0.4, -0.2) is 70.9 Å². The van der Waals surface area contributed by atoms with Gasteiger partial charge in [0.1, 0.15) is 0 Å². The van der Waals surface area contributed by atoms with E-state index >= 15 is 0 Å². The minimum absolute atomic E-state index is 0.0182. The first-order valence-electron chi connectivity index (χ1n) is 10.4. The van der Waals surface area contributed by atoms with Crippen LogP contribution in [0, 0.1) is 5.92 Å². The van der Waals surface area contributed by atoms with Crippen molar-refractivity contribution in [1.29, 1.82) is 0 Å². The molecule has 1 saturated heterocycles. The van der Waals surface area contributed by atoms with Gasteiger partial charge in [-0.15, -0.1) is 0 Å². The minimum atomic E-state index is -0.158. The lowest BCUT2D eigenvalue weighted by Crippen LogP contribution is -2.41. The van der Waals surface area contributed by atoms with Crippen molar-refractivity contribution in [3.63, 3.8) is 0 Å². The van der Waals surface area contributed by atoms with Crippen LogP contribution in [0.25, 0.3) is 0 Å². The molecule has 9 nitrogen and oxygen atoms in total. The molecular weight excluding hydrogens is 386 g/mol. The molecule has 2 aliphatic heterocycles. The zero-order valence-corrected chi connectivity index (χ0v) is 17.2. The first-order chi connectivity index (χ1) is 14.7. The highest BCUT2D eigenvalue weighted by Crippen LogP contribution is 2.24. The summed E-state index contributed by atoms with van der Waals surface area (Å²) in [7, 11) is 0. The fourth-order valence-corrected chi connectivity index (χ4v) is 3.88. The second-order valence-electron chi connectivity index (χ2n) is 7.52. The van der Waals surface area contributed by atoms with E-state index in [1.54, 1.807) is 18.3 Å². The highest BCUT2D eigenvalue weighted by atomic mass is 16.5. The third kappa shape index (κ3) is 4.46. The molecule has 0 spiro atoms. The van der Waals surface area contributed by atoms with Crippen molar-refractivity contribution in [2.24, 2.45) is 5.92 Å². The van der Waals surface area contributed by atoms with Crippen LogP contribution in [0.4, 0.5) is 0 Å². The average Bonchev–Trinajstić information content (AvgIpc) is 3.21. The summed E-state index contributed by atoms with van der Waals surface area (Å²) in [6, 6.07) is 3.41. The predicted molar refractivity (Wildman–Crippen MR) is 108 cm³/mol. The summed E-state index contributed by atoms with van der Waals surface area (Å²) in [5, 5.41) is 7.40. The molecule has 4 heterocycles. The number of morpholine rings is 1. The SMILES string of the molecule is CCOc1ccc(C(=O)NCC2CCn3ncc(C(=O)N4CCOCC4)c3C2)cn1. The number of ether oxygens (including phenoxy) is 2. The zero-order valence-electron chi connectivity index (χ0n) is 17.2. The molecule has 0 saturated carbocycles. The molecule has 1 fully saturated rings. The first-order valence-corrected chi connectivity index (χ1v) is 10.4. The Balaban J connectivity index is 1.35. The number of nitrogens with zero attached hydrogens (tertiary/aromatic N) is 4.